The number of carbonyl (C=O) groups is 1. The van der Waals surface area contributed by atoms with Crippen LogP contribution in [0.25, 0.3) is 0 Å². The van der Waals surface area contributed by atoms with E-state index in [2.05, 4.69) is 5.32 Å². The van der Waals surface area contributed by atoms with Crippen LogP contribution in [0, 0.1) is 6.92 Å². The minimum atomic E-state index is -3.58. The number of anilines is 1. The van der Waals surface area contributed by atoms with E-state index in [0.29, 0.717) is 5.69 Å². The second kappa shape index (κ2) is 7.62. The van der Waals surface area contributed by atoms with Crippen LogP contribution in [-0.4, -0.2) is 19.6 Å². The quantitative estimate of drug-likeness (QED) is 0.871. The van der Waals surface area contributed by atoms with E-state index >= 15 is 0 Å². The molecule has 128 valence electrons. The van der Waals surface area contributed by atoms with Crippen LogP contribution in [0.1, 0.15) is 30.5 Å². The number of carbonyl (C=O) groups excluding carboxylic acids is 1. The second-order valence-electron chi connectivity index (χ2n) is 5.92. The van der Waals surface area contributed by atoms with Crippen molar-refractivity contribution in [3.8, 4) is 0 Å². The Hall–Kier alpha value is -2.14. The average Bonchev–Trinajstić information content (AvgIpc) is 2.56. The summed E-state index contributed by atoms with van der Waals surface area (Å²) in [7, 11) is -3.58. The molecule has 0 aromatic heterocycles. The molecule has 4 nitrogen and oxygen atoms in total. The summed E-state index contributed by atoms with van der Waals surface area (Å²) in [6, 6.07) is 14.7. The first-order valence-corrected chi connectivity index (χ1v) is 9.71. The number of nitrogens with one attached hydrogen (secondary N) is 1. The Balaban J connectivity index is 2.09. The number of hydrogen-bond acceptors (Lipinski definition) is 3. The molecule has 24 heavy (non-hydrogen) atoms. The van der Waals surface area contributed by atoms with Crippen molar-refractivity contribution in [1.29, 1.82) is 0 Å². The molecule has 1 N–H and O–H groups in total. The lowest BCUT2D eigenvalue weighted by molar-refractivity contribution is -0.115. The fourth-order valence-electron chi connectivity index (χ4n) is 2.34. The summed E-state index contributed by atoms with van der Waals surface area (Å²) in [4.78, 5) is 12.3. The van der Waals surface area contributed by atoms with Gasteiger partial charge in [0.05, 0.1) is 5.75 Å². The lowest BCUT2D eigenvalue weighted by Crippen LogP contribution is -2.33. The molecular weight excluding hydrogens is 322 g/mol. The number of benzene rings is 2. The van der Waals surface area contributed by atoms with Crippen LogP contribution in [0.2, 0.25) is 0 Å². The van der Waals surface area contributed by atoms with Crippen molar-refractivity contribution in [2.45, 2.75) is 38.2 Å². The minimum absolute atomic E-state index is 0.136. The highest BCUT2D eigenvalue weighted by atomic mass is 32.2. The summed E-state index contributed by atoms with van der Waals surface area (Å²) in [5.41, 5.74) is 3.40. The first kappa shape index (κ1) is 18.2. The average molecular weight is 345 g/mol. The third kappa shape index (κ3) is 4.45. The second-order valence-corrected chi connectivity index (χ2v) is 8.24. The normalized spacial score (nSPS) is 12.6. The van der Waals surface area contributed by atoms with E-state index < -0.39 is 21.0 Å². The number of sulfone groups is 1. The summed E-state index contributed by atoms with van der Waals surface area (Å²) in [6.07, 6.45) is 0.912. The Kier molecular flexibility index (Phi) is 5.78. The highest BCUT2D eigenvalue weighted by Gasteiger charge is 2.28. The molecule has 0 aliphatic heterocycles. The number of hydrogen-bond donors (Lipinski definition) is 1. The van der Waals surface area contributed by atoms with E-state index in [9.17, 15) is 13.2 Å². The van der Waals surface area contributed by atoms with Crippen LogP contribution in [0.15, 0.2) is 48.5 Å². The SMILES string of the molecule is CCc1ccc(NC(=O)[C@@H](C)S(=O)(=O)Cc2ccccc2C)cc1. The van der Waals surface area contributed by atoms with E-state index in [4.69, 9.17) is 0 Å². The Bertz CT molecular complexity index is 811. The molecule has 2 aromatic carbocycles. The van der Waals surface area contributed by atoms with Gasteiger partial charge in [-0.1, -0.05) is 43.3 Å². The molecule has 0 unspecified atom stereocenters. The zero-order valence-electron chi connectivity index (χ0n) is 14.2. The van der Waals surface area contributed by atoms with E-state index in [-0.39, 0.29) is 5.75 Å². The first-order chi connectivity index (χ1) is 11.3. The predicted octanol–water partition coefficient (Wildman–Crippen LogP) is 3.50. The van der Waals surface area contributed by atoms with Crippen LogP contribution in [-0.2, 0) is 26.8 Å². The summed E-state index contributed by atoms with van der Waals surface area (Å²) >= 11 is 0. The van der Waals surface area contributed by atoms with Crippen molar-refractivity contribution in [1.82, 2.24) is 0 Å². The van der Waals surface area contributed by atoms with Crippen LogP contribution in [0.3, 0.4) is 0 Å². The smallest absolute Gasteiger partial charge is 0.242 e. The highest BCUT2D eigenvalue weighted by Crippen LogP contribution is 2.17. The van der Waals surface area contributed by atoms with Gasteiger partial charge in [0.25, 0.3) is 0 Å². The molecule has 0 heterocycles. The summed E-state index contributed by atoms with van der Waals surface area (Å²) in [6.45, 7) is 5.35. The molecule has 0 aliphatic rings. The van der Waals surface area contributed by atoms with Crippen LogP contribution >= 0.6 is 0 Å². The predicted molar refractivity (Wildman–Crippen MR) is 97.7 cm³/mol. The van der Waals surface area contributed by atoms with Crippen molar-refractivity contribution in [2.24, 2.45) is 0 Å². The van der Waals surface area contributed by atoms with Crippen LogP contribution in [0.5, 0.6) is 0 Å². The highest BCUT2D eigenvalue weighted by molar-refractivity contribution is 7.92. The lowest BCUT2D eigenvalue weighted by atomic mass is 10.1. The summed E-state index contributed by atoms with van der Waals surface area (Å²) in [5, 5.41) is 1.57. The molecule has 1 atom stereocenters. The Morgan fingerprint density at radius 2 is 1.71 bits per heavy atom. The molecule has 0 fully saturated rings. The van der Waals surface area contributed by atoms with Gasteiger partial charge in [-0.3, -0.25) is 4.79 Å². The number of amides is 1. The topological polar surface area (TPSA) is 63.2 Å². The van der Waals surface area contributed by atoms with Gasteiger partial charge in [-0.2, -0.15) is 0 Å². The van der Waals surface area contributed by atoms with Crippen LogP contribution < -0.4 is 5.32 Å². The molecule has 2 aromatic rings. The maximum Gasteiger partial charge on any atom is 0.242 e. The zero-order chi connectivity index (χ0) is 17.7. The fourth-order valence-corrected chi connectivity index (χ4v) is 3.74. The van der Waals surface area contributed by atoms with Gasteiger partial charge in [0.2, 0.25) is 5.91 Å². The van der Waals surface area contributed by atoms with Gasteiger partial charge in [0.15, 0.2) is 9.84 Å². The molecule has 5 heteroatoms. The first-order valence-electron chi connectivity index (χ1n) is 7.99. The maximum atomic E-state index is 12.5. The molecule has 0 saturated carbocycles. The molecule has 0 aliphatic carbocycles. The largest absolute Gasteiger partial charge is 0.325 e. The molecule has 2 rings (SSSR count). The number of aryl methyl sites for hydroxylation is 2. The molecule has 0 spiro atoms. The van der Waals surface area contributed by atoms with Gasteiger partial charge in [-0.15, -0.1) is 0 Å². The molecule has 1 amide bonds. The van der Waals surface area contributed by atoms with E-state index in [1.807, 2.05) is 38.1 Å². The Morgan fingerprint density at radius 1 is 1.08 bits per heavy atom. The van der Waals surface area contributed by atoms with Crippen molar-refractivity contribution in [3.05, 3.63) is 65.2 Å². The van der Waals surface area contributed by atoms with Gasteiger partial charge in [0.1, 0.15) is 5.25 Å². The third-order valence-electron chi connectivity index (χ3n) is 4.16. The molecule has 0 radical (unpaired) electrons. The van der Waals surface area contributed by atoms with E-state index in [0.717, 1.165) is 23.1 Å². The summed E-state index contributed by atoms with van der Waals surface area (Å²) in [5.74, 6) is -0.643. The zero-order valence-corrected chi connectivity index (χ0v) is 15.1. The van der Waals surface area contributed by atoms with Crippen molar-refractivity contribution in [3.63, 3.8) is 0 Å². The lowest BCUT2D eigenvalue weighted by Gasteiger charge is -2.14. The van der Waals surface area contributed by atoms with Crippen molar-refractivity contribution >= 4 is 21.4 Å². The summed E-state index contributed by atoms with van der Waals surface area (Å²) < 4.78 is 25.0. The van der Waals surface area contributed by atoms with Crippen LogP contribution in [0.4, 0.5) is 5.69 Å². The standard InChI is InChI=1S/C19H23NO3S/c1-4-16-9-11-18(12-10-16)20-19(21)15(3)24(22,23)13-17-8-6-5-7-14(17)2/h5-12,15H,4,13H2,1-3H3,(H,20,21)/t15-/m1/s1. The van der Waals surface area contributed by atoms with Crippen molar-refractivity contribution < 1.29 is 13.2 Å². The molecular formula is C19H23NO3S. The Morgan fingerprint density at radius 3 is 2.29 bits per heavy atom. The Labute approximate surface area is 143 Å². The third-order valence-corrected chi connectivity index (χ3v) is 6.16. The minimum Gasteiger partial charge on any atom is -0.325 e. The van der Waals surface area contributed by atoms with Crippen molar-refractivity contribution in [2.75, 3.05) is 5.32 Å². The molecule has 0 bridgehead atoms. The maximum absolute atomic E-state index is 12.5. The van der Waals surface area contributed by atoms with Gasteiger partial charge in [0, 0.05) is 5.69 Å². The van der Waals surface area contributed by atoms with Gasteiger partial charge >= 0.3 is 0 Å². The number of rotatable bonds is 6. The monoisotopic (exact) mass is 345 g/mol. The van der Waals surface area contributed by atoms with E-state index in [1.54, 1.807) is 24.3 Å². The van der Waals surface area contributed by atoms with Gasteiger partial charge in [-0.05, 0) is 49.1 Å². The fraction of sp³-hybridized carbons (Fsp3) is 0.316. The van der Waals surface area contributed by atoms with Gasteiger partial charge < -0.3 is 5.32 Å². The van der Waals surface area contributed by atoms with Gasteiger partial charge in [-0.25, -0.2) is 8.42 Å². The molecule has 0 saturated heterocycles. The van der Waals surface area contributed by atoms with E-state index in [1.165, 1.54) is 6.92 Å².